The van der Waals surface area contributed by atoms with Crippen LogP contribution in [0.25, 0.3) is 11.1 Å². The van der Waals surface area contributed by atoms with Crippen molar-refractivity contribution in [3.05, 3.63) is 78.9 Å². The summed E-state index contributed by atoms with van der Waals surface area (Å²) in [6.45, 7) is 0. The molecule has 0 unspecified atom stereocenters. The highest BCUT2D eigenvalue weighted by molar-refractivity contribution is 7.99. The molecular weight excluding hydrogens is 262 g/mol. The second kappa shape index (κ2) is 5.85. The number of rotatable bonds is 3. The number of hydrogen-bond donors (Lipinski definition) is 1. The molecule has 3 aromatic rings. The van der Waals surface area contributed by atoms with E-state index in [1.807, 2.05) is 24.3 Å². The van der Waals surface area contributed by atoms with Gasteiger partial charge in [-0.25, -0.2) is 0 Å². The normalized spacial score (nSPS) is 10.4. The lowest BCUT2D eigenvalue weighted by Gasteiger charge is -2.10. The number of nitrogens with two attached hydrogens (primary N) is 1. The largest absolute Gasteiger partial charge is 0.399 e. The zero-order valence-corrected chi connectivity index (χ0v) is 11.8. The van der Waals surface area contributed by atoms with Crippen LogP contribution < -0.4 is 5.73 Å². The molecule has 1 nitrogen and oxygen atoms in total. The second-order valence-electron chi connectivity index (χ2n) is 4.54. The lowest BCUT2D eigenvalue weighted by atomic mass is 10.1. The Bertz CT molecular complexity index is 693. The van der Waals surface area contributed by atoms with Gasteiger partial charge in [0.1, 0.15) is 0 Å². The van der Waals surface area contributed by atoms with Gasteiger partial charge in [0, 0.05) is 15.5 Å². The molecule has 0 aliphatic carbocycles. The third kappa shape index (κ3) is 2.86. The quantitative estimate of drug-likeness (QED) is 0.675. The SMILES string of the molecule is Nc1ccc(-c2ccccc2)c(Sc2ccccc2)c1. The predicted octanol–water partition coefficient (Wildman–Crippen LogP) is 5.09. The van der Waals surface area contributed by atoms with Crippen LogP contribution in [0.3, 0.4) is 0 Å². The Hall–Kier alpha value is -2.19. The first-order valence-corrected chi connectivity index (χ1v) is 7.32. The molecule has 0 aliphatic rings. The van der Waals surface area contributed by atoms with E-state index < -0.39 is 0 Å². The Morgan fingerprint density at radius 1 is 0.700 bits per heavy atom. The van der Waals surface area contributed by atoms with Gasteiger partial charge in [-0.15, -0.1) is 0 Å². The van der Waals surface area contributed by atoms with Crippen LogP contribution in [-0.2, 0) is 0 Å². The molecule has 0 radical (unpaired) electrons. The molecule has 0 saturated carbocycles. The van der Waals surface area contributed by atoms with E-state index in [0.29, 0.717) is 0 Å². The maximum atomic E-state index is 5.95. The summed E-state index contributed by atoms with van der Waals surface area (Å²) in [6.07, 6.45) is 0. The molecule has 0 fully saturated rings. The van der Waals surface area contributed by atoms with E-state index in [0.717, 1.165) is 5.69 Å². The van der Waals surface area contributed by atoms with Crippen LogP contribution in [-0.4, -0.2) is 0 Å². The third-order valence-corrected chi connectivity index (χ3v) is 4.13. The molecule has 20 heavy (non-hydrogen) atoms. The zero-order valence-electron chi connectivity index (χ0n) is 11.0. The van der Waals surface area contributed by atoms with E-state index in [4.69, 9.17) is 5.73 Å². The maximum absolute atomic E-state index is 5.95. The summed E-state index contributed by atoms with van der Waals surface area (Å²) in [4.78, 5) is 2.40. The van der Waals surface area contributed by atoms with Gasteiger partial charge in [0.2, 0.25) is 0 Å². The molecular formula is C18H15NS. The van der Waals surface area contributed by atoms with E-state index >= 15 is 0 Å². The first kappa shape index (κ1) is 12.8. The van der Waals surface area contributed by atoms with Gasteiger partial charge in [-0.3, -0.25) is 0 Å². The van der Waals surface area contributed by atoms with Gasteiger partial charge in [0.15, 0.2) is 0 Å². The van der Waals surface area contributed by atoms with Crippen molar-refractivity contribution in [3.8, 4) is 11.1 Å². The molecule has 0 saturated heterocycles. The Morgan fingerprint density at radius 3 is 2.05 bits per heavy atom. The lowest BCUT2D eigenvalue weighted by Crippen LogP contribution is -1.88. The minimum absolute atomic E-state index is 0.795. The van der Waals surface area contributed by atoms with Crippen molar-refractivity contribution in [1.82, 2.24) is 0 Å². The first-order chi connectivity index (χ1) is 9.83. The number of nitrogen functional groups attached to an aromatic ring is 1. The smallest absolute Gasteiger partial charge is 0.0325 e. The van der Waals surface area contributed by atoms with Crippen molar-refractivity contribution < 1.29 is 0 Å². The number of anilines is 1. The van der Waals surface area contributed by atoms with E-state index in [-0.39, 0.29) is 0 Å². The van der Waals surface area contributed by atoms with Crippen molar-refractivity contribution in [2.75, 3.05) is 5.73 Å². The average Bonchev–Trinajstić information content (AvgIpc) is 2.49. The Kier molecular flexibility index (Phi) is 3.75. The molecule has 2 heteroatoms. The van der Waals surface area contributed by atoms with E-state index in [9.17, 15) is 0 Å². The molecule has 3 rings (SSSR count). The van der Waals surface area contributed by atoms with Crippen LogP contribution >= 0.6 is 11.8 Å². The maximum Gasteiger partial charge on any atom is 0.0325 e. The summed E-state index contributed by atoms with van der Waals surface area (Å²) >= 11 is 1.74. The van der Waals surface area contributed by atoms with Gasteiger partial charge >= 0.3 is 0 Å². The monoisotopic (exact) mass is 277 g/mol. The highest BCUT2D eigenvalue weighted by atomic mass is 32.2. The summed E-state index contributed by atoms with van der Waals surface area (Å²) in [5, 5.41) is 0. The zero-order chi connectivity index (χ0) is 13.8. The van der Waals surface area contributed by atoms with Crippen molar-refractivity contribution in [2.45, 2.75) is 9.79 Å². The molecule has 0 spiro atoms. The molecule has 0 atom stereocenters. The van der Waals surface area contributed by atoms with Gasteiger partial charge in [-0.2, -0.15) is 0 Å². The van der Waals surface area contributed by atoms with E-state index in [1.54, 1.807) is 11.8 Å². The summed E-state index contributed by atoms with van der Waals surface area (Å²) < 4.78 is 0. The average molecular weight is 277 g/mol. The fraction of sp³-hybridized carbons (Fsp3) is 0. The van der Waals surface area contributed by atoms with Crippen LogP contribution in [0.15, 0.2) is 88.7 Å². The molecule has 0 heterocycles. The Balaban J connectivity index is 2.03. The van der Waals surface area contributed by atoms with Gasteiger partial charge in [-0.05, 0) is 35.4 Å². The van der Waals surface area contributed by atoms with Crippen LogP contribution in [0.5, 0.6) is 0 Å². The number of benzene rings is 3. The standard InChI is InChI=1S/C18H15NS/c19-15-11-12-17(14-7-3-1-4-8-14)18(13-15)20-16-9-5-2-6-10-16/h1-13H,19H2. The van der Waals surface area contributed by atoms with Gasteiger partial charge < -0.3 is 5.73 Å². The topological polar surface area (TPSA) is 26.0 Å². The van der Waals surface area contributed by atoms with Crippen molar-refractivity contribution in [2.24, 2.45) is 0 Å². The second-order valence-corrected chi connectivity index (χ2v) is 5.65. The number of hydrogen-bond acceptors (Lipinski definition) is 2. The van der Waals surface area contributed by atoms with Gasteiger partial charge in [-0.1, -0.05) is 66.4 Å². The van der Waals surface area contributed by atoms with Crippen molar-refractivity contribution >= 4 is 17.4 Å². The van der Waals surface area contributed by atoms with E-state index in [2.05, 4.69) is 54.6 Å². The highest BCUT2D eigenvalue weighted by Crippen LogP contribution is 2.37. The van der Waals surface area contributed by atoms with Gasteiger partial charge in [0.05, 0.1) is 0 Å². The molecule has 0 aromatic heterocycles. The molecule has 0 aliphatic heterocycles. The van der Waals surface area contributed by atoms with Gasteiger partial charge in [0.25, 0.3) is 0 Å². The Labute approximate surface area is 123 Å². The first-order valence-electron chi connectivity index (χ1n) is 6.51. The van der Waals surface area contributed by atoms with Crippen LogP contribution in [0.1, 0.15) is 0 Å². The minimum Gasteiger partial charge on any atom is -0.399 e. The summed E-state index contributed by atoms with van der Waals surface area (Å²) in [5.74, 6) is 0. The Morgan fingerprint density at radius 2 is 1.35 bits per heavy atom. The fourth-order valence-corrected chi connectivity index (χ4v) is 3.13. The third-order valence-electron chi connectivity index (χ3n) is 3.06. The van der Waals surface area contributed by atoms with Crippen LogP contribution in [0.2, 0.25) is 0 Å². The van der Waals surface area contributed by atoms with Crippen LogP contribution in [0, 0.1) is 0 Å². The lowest BCUT2D eigenvalue weighted by molar-refractivity contribution is 1.40. The molecule has 98 valence electrons. The van der Waals surface area contributed by atoms with Crippen molar-refractivity contribution in [1.29, 1.82) is 0 Å². The molecule has 2 N–H and O–H groups in total. The molecule has 3 aromatic carbocycles. The summed E-state index contributed by atoms with van der Waals surface area (Å²) in [6, 6.07) is 26.9. The predicted molar refractivity (Wildman–Crippen MR) is 86.9 cm³/mol. The van der Waals surface area contributed by atoms with Crippen molar-refractivity contribution in [3.63, 3.8) is 0 Å². The molecule has 0 bridgehead atoms. The van der Waals surface area contributed by atoms with Crippen LogP contribution in [0.4, 0.5) is 5.69 Å². The van der Waals surface area contributed by atoms with E-state index in [1.165, 1.54) is 20.9 Å². The summed E-state index contributed by atoms with van der Waals surface area (Å²) in [5.41, 5.74) is 9.17. The fourth-order valence-electron chi connectivity index (χ4n) is 2.10. The highest BCUT2D eigenvalue weighted by Gasteiger charge is 2.07. The minimum atomic E-state index is 0.795. The summed E-state index contributed by atoms with van der Waals surface area (Å²) in [7, 11) is 0. The molecule has 0 amide bonds.